The van der Waals surface area contributed by atoms with E-state index in [0.29, 0.717) is 13.1 Å². The molecule has 7 heteroatoms. The monoisotopic (exact) mass is 256 g/mol. The Morgan fingerprint density at radius 1 is 1.47 bits per heavy atom. The number of aryl methyl sites for hydroxylation is 1. The molecule has 0 spiro atoms. The maximum absolute atomic E-state index is 12.3. The first-order chi connectivity index (χ1) is 7.91. The van der Waals surface area contributed by atoms with Crippen LogP contribution in [0, 0.1) is 0 Å². The molecule has 0 aromatic carbocycles. The van der Waals surface area contributed by atoms with Crippen LogP contribution in [0.15, 0.2) is 22.7 Å². The average molecular weight is 256 g/mol. The summed E-state index contributed by atoms with van der Waals surface area (Å²) in [5, 5.41) is 3.86. The van der Waals surface area contributed by atoms with Gasteiger partial charge in [0, 0.05) is 26.3 Å². The lowest BCUT2D eigenvalue weighted by atomic mass is 10.1. The van der Waals surface area contributed by atoms with E-state index in [4.69, 9.17) is 5.73 Å². The van der Waals surface area contributed by atoms with Gasteiger partial charge in [-0.25, -0.2) is 8.42 Å². The van der Waals surface area contributed by atoms with Crippen molar-refractivity contribution in [3.05, 3.63) is 17.8 Å². The summed E-state index contributed by atoms with van der Waals surface area (Å²) in [7, 11) is -1.87. The highest BCUT2D eigenvalue weighted by Gasteiger charge is 2.29. The van der Waals surface area contributed by atoms with Gasteiger partial charge in [0.2, 0.25) is 10.0 Å². The van der Waals surface area contributed by atoms with Crippen molar-refractivity contribution < 1.29 is 8.42 Å². The first kappa shape index (κ1) is 12.1. The second-order valence-corrected chi connectivity index (χ2v) is 6.12. The first-order valence-corrected chi connectivity index (χ1v) is 6.80. The third-order valence-corrected chi connectivity index (χ3v) is 4.72. The van der Waals surface area contributed by atoms with Gasteiger partial charge in [0.25, 0.3) is 0 Å². The summed E-state index contributed by atoms with van der Waals surface area (Å²) >= 11 is 0. The molecule has 1 aromatic heterocycles. The van der Waals surface area contributed by atoms with Crippen LogP contribution in [-0.4, -0.2) is 35.6 Å². The molecular formula is C10H16N4O2S. The van der Waals surface area contributed by atoms with Crippen LogP contribution in [0.2, 0.25) is 0 Å². The zero-order valence-corrected chi connectivity index (χ0v) is 10.7. The number of rotatable bonds is 2. The Kier molecular flexibility index (Phi) is 2.96. The maximum atomic E-state index is 12.3. The van der Waals surface area contributed by atoms with Gasteiger partial charge in [-0.15, -0.1) is 0 Å². The molecule has 2 rings (SSSR count). The number of aromatic nitrogens is 2. The third kappa shape index (κ3) is 2.20. The second kappa shape index (κ2) is 4.15. The maximum Gasteiger partial charge on any atom is 0.248 e. The standard InChI is InChI=1S/C10H16N4O2S/c1-8-3-5-14(6-4-8)17(15,16)9-7-13(2)12-10(9)11/h3,7H,4-6H2,1-2H3,(H2,11,12). The summed E-state index contributed by atoms with van der Waals surface area (Å²) in [4.78, 5) is 0.0907. The molecule has 0 fully saturated rings. The number of nitrogens with two attached hydrogens (primary N) is 1. The van der Waals surface area contributed by atoms with Gasteiger partial charge in [-0.3, -0.25) is 4.68 Å². The Morgan fingerprint density at radius 3 is 2.65 bits per heavy atom. The summed E-state index contributed by atoms with van der Waals surface area (Å²) in [6.07, 6.45) is 4.13. The molecule has 0 radical (unpaired) electrons. The Morgan fingerprint density at radius 2 is 2.18 bits per heavy atom. The summed E-state index contributed by atoms with van der Waals surface area (Å²) < 4.78 is 27.4. The second-order valence-electron chi connectivity index (χ2n) is 4.22. The van der Waals surface area contributed by atoms with Crippen molar-refractivity contribution in [3.63, 3.8) is 0 Å². The number of hydrogen-bond donors (Lipinski definition) is 1. The molecule has 94 valence electrons. The van der Waals surface area contributed by atoms with Crippen LogP contribution in [0.25, 0.3) is 0 Å². The van der Waals surface area contributed by atoms with E-state index in [1.54, 1.807) is 7.05 Å². The van der Waals surface area contributed by atoms with Crippen LogP contribution < -0.4 is 5.73 Å². The van der Waals surface area contributed by atoms with E-state index < -0.39 is 10.0 Å². The third-order valence-electron chi connectivity index (χ3n) is 2.84. The molecular weight excluding hydrogens is 240 g/mol. The zero-order chi connectivity index (χ0) is 12.6. The van der Waals surface area contributed by atoms with Crippen LogP contribution in [-0.2, 0) is 17.1 Å². The highest BCUT2D eigenvalue weighted by atomic mass is 32.2. The Bertz CT molecular complexity index is 559. The molecule has 1 aromatic rings. The SMILES string of the molecule is CC1=CCN(S(=O)(=O)c2cn(C)nc2N)CC1. The molecule has 2 N–H and O–H groups in total. The quantitative estimate of drug-likeness (QED) is 0.774. The molecule has 0 bridgehead atoms. The molecule has 0 unspecified atom stereocenters. The molecule has 1 aliphatic heterocycles. The van der Waals surface area contributed by atoms with Crippen molar-refractivity contribution in [3.8, 4) is 0 Å². The lowest BCUT2D eigenvalue weighted by molar-refractivity contribution is 0.431. The van der Waals surface area contributed by atoms with Crippen LogP contribution in [0.4, 0.5) is 5.82 Å². The highest BCUT2D eigenvalue weighted by Crippen LogP contribution is 2.23. The number of nitrogen functional groups attached to an aromatic ring is 1. The number of anilines is 1. The van der Waals surface area contributed by atoms with E-state index >= 15 is 0 Å². The van der Waals surface area contributed by atoms with Crippen molar-refractivity contribution in [2.75, 3.05) is 18.8 Å². The molecule has 17 heavy (non-hydrogen) atoms. The minimum Gasteiger partial charge on any atom is -0.381 e. The highest BCUT2D eigenvalue weighted by molar-refractivity contribution is 7.89. The Hall–Kier alpha value is -1.34. The van der Waals surface area contributed by atoms with Crippen molar-refractivity contribution in [2.45, 2.75) is 18.2 Å². The van der Waals surface area contributed by atoms with Crippen LogP contribution in [0.1, 0.15) is 13.3 Å². The molecule has 0 aliphatic carbocycles. The molecule has 1 aliphatic rings. The lowest BCUT2D eigenvalue weighted by Crippen LogP contribution is -2.34. The summed E-state index contributed by atoms with van der Waals surface area (Å²) in [5.41, 5.74) is 6.83. The van der Waals surface area contributed by atoms with E-state index in [9.17, 15) is 8.42 Å². The van der Waals surface area contributed by atoms with Gasteiger partial charge in [-0.05, 0) is 13.3 Å². The largest absolute Gasteiger partial charge is 0.381 e. The van der Waals surface area contributed by atoms with Crippen LogP contribution in [0.5, 0.6) is 0 Å². The van der Waals surface area contributed by atoms with Crippen molar-refractivity contribution >= 4 is 15.8 Å². The Labute approximate surface area is 101 Å². The molecule has 0 atom stereocenters. The lowest BCUT2D eigenvalue weighted by Gasteiger charge is -2.24. The minimum absolute atomic E-state index is 0.0544. The van der Waals surface area contributed by atoms with Gasteiger partial charge >= 0.3 is 0 Å². The fourth-order valence-electron chi connectivity index (χ4n) is 1.79. The van der Waals surface area contributed by atoms with E-state index in [-0.39, 0.29) is 10.7 Å². The zero-order valence-electron chi connectivity index (χ0n) is 9.92. The van der Waals surface area contributed by atoms with Crippen molar-refractivity contribution in [1.29, 1.82) is 0 Å². The number of hydrogen-bond acceptors (Lipinski definition) is 4. The van der Waals surface area contributed by atoms with Crippen molar-refractivity contribution in [2.24, 2.45) is 7.05 Å². The fourth-order valence-corrected chi connectivity index (χ4v) is 3.26. The molecule has 0 saturated heterocycles. The normalized spacial score (nSPS) is 18.1. The van der Waals surface area contributed by atoms with Gasteiger partial charge in [-0.2, -0.15) is 9.40 Å². The predicted molar refractivity (Wildman–Crippen MR) is 64.8 cm³/mol. The number of nitrogens with zero attached hydrogens (tertiary/aromatic N) is 3. The van der Waals surface area contributed by atoms with E-state index in [2.05, 4.69) is 5.10 Å². The van der Waals surface area contributed by atoms with Gasteiger partial charge in [-0.1, -0.05) is 11.6 Å². The van der Waals surface area contributed by atoms with E-state index in [1.807, 2.05) is 13.0 Å². The van der Waals surface area contributed by atoms with E-state index in [0.717, 1.165) is 6.42 Å². The van der Waals surface area contributed by atoms with Gasteiger partial charge in [0.15, 0.2) is 5.82 Å². The van der Waals surface area contributed by atoms with E-state index in [1.165, 1.54) is 20.8 Å². The topological polar surface area (TPSA) is 81.2 Å². The molecule has 6 nitrogen and oxygen atoms in total. The predicted octanol–water partition coefficient (Wildman–Crippen LogP) is 0.343. The van der Waals surface area contributed by atoms with Crippen LogP contribution >= 0.6 is 0 Å². The first-order valence-electron chi connectivity index (χ1n) is 5.36. The van der Waals surface area contributed by atoms with Gasteiger partial charge in [0.1, 0.15) is 4.90 Å². The molecule has 0 saturated carbocycles. The summed E-state index contributed by atoms with van der Waals surface area (Å²) in [5.74, 6) is 0.0544. The van der Waals surface area contributed by atoms with Gasteiger partial charge < -0.3 is 5.73 Å². The Balaban J connectivity index is 2.34. The minimum atomic E-state index is -3.51. The van der Waals surface area contributed by atoms with Gasteiger partial charge in [0.05, 0.1) is 0 Å². The molecule has 2 heterocycles. The number of sulfonamides is 1. The fraction of sp³-hybridized carbons (Fsp3) is 0.500. The summed E-state index contributed by atoms with van der Waals surface area (Å²) in [6, 6.07) is 0. The van der Waals surface area contributed by atoms with Crippen molar-refractivity contribution in [1.82, 2.24) is 14.1 Å². The molecule has 0 amide bonds. The van der Waals surface area contributed by atoms with Crippen LogP contribution in [0.3, 0.4) is 0 Å². The average Bonchev–Trinajstić information content (AvgIpc) is 2.59. The smallest absolute Gasteiger partial charge is 0.248 e. The summed E-state index contributed by atoms with van der Waals surface area (Å²) in [6.45, 7) is 2.91.